The summed E-state index contributed by atoms with van der Waals surface area (Å²) in [5, 5.41) is 10.0. The van der Waals surface area contributed by atoms with Crippen molar-refractivity contribution in [2.75, 3.05) is 18.6 Å². The van der Waals surface area contributed by atoms with Gasteiger partial charge in [0.25, 0.3) is 0 Å². The molecule has 1 N–H and O–H groups in total. The third-order valence-electron chi connectivity index (χ3n) is 3.72. The Morgan fingerprint density at radius 2 is 2.14 bits per heavy atom. The van der Waals surface area contributed by atoms with Gasteiger partial charge in [-0.3, -0.25) is 0 Å². The third-order valence-corrected chi connectivity index (χ3v) is 4.01. The number of aromatic hydroxyl groups is 1. The molecule has 2 aromatic carbocycles. The van der Waals surface area contributed by atoms with Gasteiger partial charge in [0.1, 0.15) is 5.82 Å². The highest BCUT2D eigenvalue weighted by Crippen LogP contribution is 2.36. The Labute approximate surface area is 127 Å². The van der Waals surface area contributed by atoms with Crippen molar-refractivity contribution in [3.05, 3.63) is 52.3 Å². The standard InChI is InChI=1S/C16H15ClFNO2/c1-21-15-7-10(6-13(17)16(15)20)9-19-5-4-11-2-3-12(18)8-14(11)19/h2-3,6-8,20H,4-5,9H2,1H3. The first kappa shape index (κ1) is 14.0. The maximum Gasteiger partial charge on any atom is 0.176 e. The lowest BCUT2D eigenvalue weighted by atomic mass is 10.1. The van der Waals surface area contributed by atoms with Gasteiger partial charge >= 0.3 is 0 Å². The summed E-state index contributed by atoms with van der Waals surface area (Å²) in [6.45, 7) is 1.42. The van der Waals surface area contributed by atoms with Gasteiger partial charge in [-0.1, -0.05) is 17.7 Å². The number of methoxy groups -OCH3 is 1. The Kier molecular flexibility index (Phi) is 3.64. The number of hydrogen-bond acceptors (Lipinski definition) is 3. The zero-order valence-electron chi connectivity index (χ0n) is 11.6. The van der Waals surface area contributed by atoms with E-state index in [0.717, 1.165) is 29.8 Å². The minimum absolute atomic E-state index is 0.0595. The second-order valence-electron chi connectivity index (χ2n) is 5.07. The summed E-state index contributed by atoms with van der Waals surface area (Å²) in [4.78, 5) is 2.10. The molecule has 0 aromatic heterocycles. The van der Waals surface area contributed by atoms with Crippen LogP contribution in [-0.2, 0) is 13.0 Å². The topological polar surface area (TPSA) is 32.7 Å². The molecule has 1 aliphatic rings. The van der Waals surface area contributed by atoms with Crippen LogP contribution in [0.4, 0.5) is 10.1 Å². The highest BCUT2D eigenvalue weighted by atomic mass is 35.5. The van der Waals surface area contributed by atoms with Crippen LogP contribution in [0.15, 0.2) is 30.3 Å². The first-order chi connectivity index (χ1) is 10.1. The lowest BCUT2D eigenvalue weighted by molar-refractivity contribution is 0.373. The normalized spacial score (nSPS) is 13.4. The summed E-state index contributed by atoms with van der Waals surface area (Å²) in [6, 6.07) is 8.33. The minimum Gasteiger partial charge on any atom is -0.503 e. The van der Waals surface area contributed by atoms with Gasteiger partial charge in [-0.15, -0.1) is 0 Å². The van der Waals surface area contributed by atoms with Crippen LogP contribution in [0.5, 0.6) is 11.5 Å². The molecule has 0 spiro atoms. The van der Waals surface area contributed by atoms with Crippen molar-refractivity contribution in [1.82, 2.24) is 0 Å². The van der Waals surface area contributed by atoms with E-state index in [1.807, 2.05) is 6.07 Å². The van der Waals surface area contributed by atoms with Crippen LogP contribution < -0.4 is 9.64 Å². The summed E-state index contributed by atoms with van der Waals surface area (Å²) < 4.78 is 18.5. The van der Waals surface area contributed by atoms with Crippen molar-refractivity contribution in [2.45, 2.75) is 13.0 Å². The van der Waals surface area contributed by atoms with E-state index in [2.05, 4.69) is 4.90 Å². The molecule has 0 radical (unpaired) electrons. The molecule has 0 amide bonds. The van der Waals surface area contributed by atoms with Crippen LogP contribution in [0.1, 0.15) is 11.1 Å². The molecule has 5 heteroatoms. The fraction of sp³-hybridized carbons (Fsp3) is 0.250. The Balaban J connectivity index is 1.89. The minimum atomic E-state index is -0.234. The number of nitrogens with zero attached hydrogens (tertiary/aromatic N) is 1. The number of phenolic OH excluding ortho intramolecular Hbond substituents is 1. The number of halogens is 2. The van der Waals surface area contributed by atoms with E-state index in [9.17, 15) is 9.50 Å². The molecule has 0 bridgehead atoms. The molecule has 0 fully saturated rings. The smallest absolute Gasteiger partial charge is 0.176 e. The maximum atomic E-state index is 13.4. The summed E-state index contributed by atoms with van der Waals surface area (Å²) >= 11 is 6.00. The van der Waals surface area contributed by atoms with Crippen molar-refractivity contribution in [2.24, 2.45) is 0 Å². The van der Waals surface area contributed by atoms with Gasteiger partial charge in [-0.05, 0) is 41.8 Å². The largest absolute Gasteiger partial charge is 0.503 e. The van der Waals surface area contributed by atoms with Crippen LogP contribution in [0, 0.1) is 5.82 Å². The summed E-state index contributed by atoms with van der Waals surface area (Å²) in [5.41, 5.74) is 2.97. The lowest BCUT2D eigenvalue weighted by Crippen LogP contribution is -2.19. The second-order valence-corrected chi connectivity index (χ2v) is 5.48. The Bertz CT molecular complexity index is 690. The number of phenols is 1. The zero-order chi connectivity index (χ0) is 15.0. The summed E-state index contributed by atoms with van der Waals surface area (Å²) in [5.74, 6) is 0.0499. The highest BCUT2D eigenvalue weighted by Gasteiger charge is 2.20. The van der Waals surface area contributed by atoms with Gasteiger partial charge in [0.2, 0.25) is 0 Å². The van der Waals surface area contributed by atoms with E-state index in [4.69, 9.17) is 16.3 Å². The van der Waals surface area contributed by atoms with E-state index in [0.29, 0.717) is 12.3 Å². The van der Waals surface area contributed by atoms with Gasteiger partial charge in [-0.2, -0.15) is 0 Å². The van der Waals surface area contributed by atoms with E-state index >= 15 is 0 Å². The third kappa shape index (κ3) is 2.63. The Hall–Kier alpha value is -1.94. The fourth-order valence-corrected chi connectivity index (χ4v) is 2.91. The predicted molar refractivity (Wildman–Crippen MR) is 80.8 cm³/mol. The van der Waals surface area contributed by atoms with Crippen molar-refractivity contribution >= 4 is 17.3 Å². The number of rotatable bonds is 3. The van der Waals surface area contributed by atoms with Gasteiger partial charge in [-0.25, -0.2) is 4.39 Å². The molecule has 110 valence electrons. The monoisotopic (exact) mass is 307 g/mol. The number of fused-ring (bicyclic) bond motifs is 1. The predicted octanol–water partition coefficient (Wildman–Crippen LogP) is 3.76. The molecule has 3 rings (SSSR count). The fourth-order valence-electron chi connectivity index (χ4n) is 2.68. The molecular formula is C16H15ClFNO2. The Morgan fingerprint density at radius 3 is 2.90 bits per heavy atom. The van der Waals surface area contributed by atoms with Crippen LogP contribution >= 0.6 is 11.6 Å². The summed E-state index contributed by atoms with van der Waals surface area (Å²) in [7, 11) is 1.48. The molecular weight excluding hydrogens is 293 g/mol. The number of benzene rings is 2. The molecule has 0 atom stereocenters. The maximum absolute atomic E-state index is 13.4. The van der Waals surface area contributed by atoms with Gasteiger partial charge in [0.15, 0.2) is 11.5 Å². The van der Waals surface area contributed by atoms with Crippen LogP contribution in [-0.4, -0.2) is 18.8 Å². The van der Waals surface area contributed by atoms with Gasteiger partial charge in [0.05, 0.1) is 12.1 Å². The molecule has 0 unspecified atom stereocenters. The van der Waals surface area contributed by atoms with Crippen molar-refractivity contribution in [3.8, 4) is 11.5 Å². The van der Waals surface area contributed by atoms with Crippen LogP contribution in [0.3, 0.4) is 0 Å². The molecule has 1 heterocycles. The number of ether oxygens (including phenoxy) is 1. The zero-order valence-corrected chi connectivity index (χ0v) is 12.3. The van der Waals surface area contributed by atoms with Crippen molar-refractivity contribution in [3.63, 3.8) is 0 Å². The van der Waals surface area contributed by atoms with Gasteiger partial charge < -0.3 is 14.7 Å². The lowest BCUT2D eigenvalue weighted by Gasteiger charge is -2.20. The highest BCUT2D eigenvalue weighted by molar-refractivity contribution is 6.32. The first-order valence-electron chi connectivity index (χ1n) is 6.67. The second kappa shape index (κ2) is 5.45. The van der Waals surface area contributed by atoms with E-state index < -0.39 is 0 Å². The Morgan fingerprint density at radius 1 is 1.33 bits per heavy atom. The van der Waals surface area contributed by atoms with Crippen molar-refractivity contribution in [1.29, 1.82) is 0 Å². The average Bonchev–Trinajstić information content (AvgIpc) is 2.85. The number of hydrogen-bond donors (Lipinski definition) is 1. The molecule has 3 nitrogen and oxygen atoms in total. The SMILES string of the molecule is COc1cc(CN2CCc3ccc(F)cc32)cc(Cl)c1O. The molecule has 21 heavy (non-hydrogen) atoms. The van der Waals surface area contributed by atoms with E-state index in [1.165, 1.54) is 13.2 Å². The molecule has 2 aromatic rings. The van der Waals surface area contributed by atoms with Crippen LogP contribution in [0.25, 0.3) is 0 Å². The molecule has 0 aliphatic carbocycles. The molecule has 0 saturated carbocycles. The van der Waals surface area contributed by atoms with Gasteiger partial charge in [0, 0.05) is 18.8 Å². The van der Waals surface area contributed by atoms with Crippen LogP contribution in [0.2, 0.25) is 5.02 Å². The molecule has 0 saturated heterocycles. The molecule has 1 aliphatic heterocycles. The quantitative estimate of drug-likeness (QED) is 0.937. The summed E-state index contributed by atoms with van der Waals surface area (Å²) in [6.07, 6.45) is 0.901. The average molecular weight is 308 g/mol. The van der Waals surface area contributed by atoms with E-state index in [1.54, 1.807) is 18.2 Å². The first-order valence-corrected chi connectivity index (χ1v) is 7.05. The van der Waals surface area contributed by atoms with E-state index in [-0.39, 0.29) is 16.6 Å². The number of anilines is 1. The van der Waals surface area contributed by atoms with Crippen molar-refractivity contribution < 1.29 is 14.2 Å².